The molecule has 1 aromatic rings. The summed E-state index contributed by atoms with van der Waals surface area (Å²) in [4.78, 5) is 0. The van der Waals surface area contributed by atoms with Crippen molar-refractivity contribution >= 4 is 11.5 Å². The standard InChI is InChI=1S/C11H12N2O.ClH.2H2O/c14-10-5-6-13-7-8-3-1-2-4-9(8)12-11(10)13;;;/h1-4,10,14H,5-7H2;1H;2*1H2/t10-;;;/m0.../s1. The third kappa shape index (κ3) is 2.58. The minimum atomic E-state index is -0.302. The van der Waals surface area contributed by atoms with Gasteiger partial charge in [-0.15, -0.1) is 0 Å². The highest BCUT2D eigenvalue weighted by Crippen LogP contribution is 2.23. The Bertz CT molecular complexity index is 423. The third-order valence-electron chi connectivity index (χ3n) is 2.97. The second-order valence-corrected chi connectivity index (χ2v) is 3.89. The fourth-order valence-corrected chi connectivity index (χ4v) is 2.20. The summed E-state index contributed by atoms with van der Waals surface area (Å²) in [5, 5.41) is 13.0. The lowest BCUT2D eigenvalue weighted by atomic mass is 10.1. The number of fused-ring (bicyclic) bond motifs is 1. The van der Waals surface area contributed by atoms with Crippen LogP contribution in [0.5, 0.6) is 0 Å². The molecule has 6 N–H and O–H groups in total. The maximum Gasteiger partial charge on any atom is 0.279 e. The normalized spacial score (nSPS) is 19.9. The zero-order chi connectivity index (χ0) is 9.54. The van der Waals surface area contributed by atoms with Crippen molar-refractivity contribution in [1.82, 2.24) is 0 Å². The Morgan fingerprint density at radius 3 is 2.71 bits per heavy atom. The van der Waals surface area contributed by atoms with Gasteiger partial charge in [-0.05, 0) is 6.07 Å². The molecule has 0 spiro atoms. The summed E-state index contributed by atoms with van der Waals surface area (Å²) in [5.41, 5.74) is 2.45. The van der Waals surface area contributed by atoms with Gasteiger partial charge in [0.2, 0.25) is 0 Å². The first-order valence-corrected chi connectivity index (χ1v) is 4.99. The quantitative estimate of drug-likeness (QED) is 0.467. The summed E-state index contributed by atoms with van der Waals surface area (Å²) >= 11 is 0. The molecule has 0 radical (unpaired) electrons. The number of rotatable bonds is 0. The second kappa shape index (κ2) is 5.97. The van der Waals surface area contributed by atoms with Crippen molar-refractivity contribution in [3.05, 3.63) is 29.8 Å². The number of hydrogen-bond acceptors (Lipinski definition) is 2. The number of benzene rings is 1. The lowest BCUT2D eigenvalue weighted by Crippen LogP contribution is -3.00. The van der Waals surface area contributed by atoms with Crippen molar-refractivity contribution in [2.45, 2.75) is 19.1 Å². The van der Waals surface area contributed by atoms with Gasteiger partial charge in [0.15, 0.2) is 6.10 Å². The van der Waals surface area contributed by atoms with Gasteiger partial charge >= 0.3 is 0 Å². The Morgan fingerprint density at radius 1 is 1.24 bits per heavy atom. The van der Waals surface area contributed by atoms with Crippen LogP contribution >= 0.6 is 0 Å². The minimum absolute atomic E-state index is 0. The molecule has 6 heteroatoms. The first-order valence-electron chi connectivity index (χ1n) is 4.99. The van der Waals surface area contributed by atoms with Gasteiger partial charge in [0.25, 0.3) is 5.84 Å². The summed E-state index contributed by atoms with van der Waals surface area (Å²) in [6, 6.07) is 8.26. The molecule has 2 aliphatic rings. The van der Waals surface area contributed by atoms with Gasteiger partial charge in [0.05, 0.1) is 6.54 Å². The molecule has 0 bridgehead atoms. The van der Waals surface area contributed by atoms with Gasteiger partial charge < -0.3 is 28.5 Å². The smallest absolute Gasteiger partial charge is 0.279 e. The number of anilines is 1. The zero-order valence-electron chi connectivity index (χ0n) is 9.28. The highest BCUT2D eigenvalue weighted by molar-refractivity contribution is 5.97. The van der Waals surface area contributed by atoms with E-state index in [-0.39, 0.29) is 29.5 Å². The van der Waals surface area contributed by atoms with E-state index in [0.717, 1.165) is 31.0 Å². The fraction of sp³-hybridized carbons (Fsp3) is 0.364. The molecule has 5 nitrogen and oxygen atoms in total. The fourth-order valence-electron chi connectivity index (χ4n) is 2.20. The van der Waals surface area contributed by atoms with Crippen molar-refractivity contribution < 1.29 is 33.0 Å². The molecule has 0 saturated carbocycles. The van der Waals surface area contributed by atoms with E-state index in [9.17, 15) is 5.11 Å². The lowest BCUT2D eigenvalue weighted by Gasteiger charge is -2.15. The van der Waals surface area contributed by atoms with Crippen LogP contribution in [0, 0.1) is 0 Å². The Morgan fingerprint density at radius 2 is 1.94 bits per heavy atom. The predicted molar refractivity (Wildman–Crippen MR) is 61.8 cm³/mol. The summed E-state index contributed by atoms with van der Waals surface area (Å²) in [5.74, 6) is 0.976. The molecule has 2 heterocycles. The number of aliphatic hydroxyl groups is 1. The average molecular weight is 261 g/mol. The first-order chi connectivity index (χ1) is 6.84. The molecular formula is C11H17ClN2O3. The summed E-state index contributed by atoms with van der Waals surface area (Å²) < 4.78 is 2.22. The van der Waals surface area contributed by atoms with Crippen LogP contribution in [0.3, 0.4) is 0 Å². The van der Waals surface area contributed by atoms with Crippen LogP contribution in [0.2, 0.25) is 0 Å². The van der Waals surface area contributed by atoms with Gasteiger partial charge in [0, 0.05) is 12.0 Å². The monoisotopic (exact) mass is 260 g/mol. The van der Waals surface area contributed by atoms with E-state index in [4.69, 9.17) is 0 Å². The molecule has 3 rings (SSSR count). The van der Waals surface area contributed by atoms with Crippen LogP contribution in [0.4, 0.5) is 5.69 Å². The summed E-state index contributed by atoms with van der Waals surface area (Å²) in [6.45, 7) is 1.88. The SMILES string of the molecule is O.O.O[C@H]1CC[N+]2=C1Nc1ccccc1C2.[Cl-]. The van der Waals surface area contributed by atoms with Gasteiger partial charge in [-0.2, -0.15) is 0 Å². The molecule has 0 aromatic heterocycles. The van der Waals surface area contributed by atoms with E-state index in [0.29, 0.717) is 0 Å². The maximum atomic E-state index is 9.71. The van der Waals surface area contributed by atoms with E-state index in [2.05, 4.69) is 28.1 Å². The van der Waals surface area contributed by atoms with Crippen LogP contribution in [-0.4, -0.2) is 39.1 Å². The van der Waals surface area contributed by atoms with Crippen LogP contribution in [0.25, 0.3) is 0 Å². The number of nitrogens with one attached hydrogen (secondary N) is 1. The van der Waals surface area contributed by atoms with Crippen molar-refractivity contribution in [3.8, 4) is 0 Å². The van der Waals surface area contributed by atoms with E-state index >= 15 is 0 Å². The van der Waals surface area contributed by atoms with E-state index in [1.54, 1.807) is 0 Å². The molecule has 0 fully saturated rings. The number of amidine groups is 1. The molecule has 0 aliphatic carbocycles. The van der Waals surface area contributed by atoms with Gasteiger partial charge in [0.1, 0.15) is 12.2 Å². The Kier molecular flexibility index (Phi) is 5.57. The average Bonchev–Trinajstić information content (AvgIpc) is 2.57. The molecule has 17 heavy (non-hydrogen) atoms. The van der Waals surface area contributed by atoms with E-state index in [1.165, 1.54) is 5.56 Å². The zero-order valence-corrected chi connectivity index (χ0v) is 10.0. The summed E-state index contributed by atoms with van der Waals surface area (Å²) in [7, 11) is 0. The van der Waals surface area contributed by atoms with E-state index in [1.807, 2.05) is 6.07 Å². The second-order valence-electron chi connectivity index (χ2n) is 3.89. The Labute approximate surface area is 106 Å². The molecule has 2 aliphatic heterocycles. The van der Waals surface area contributed by atoms with Crippen LogP contribution in [-0.2, 0) is 6.54 Å². The van der Waals surface area contributed by atoms with Crippen molar-refractivity contribution in [2.24, 2.45) is 0 Å². The Balaban J connectivity index is 0.000000853. The molecule has 1 aromatic carbocycles. The number of nitrogens with zero attached hydrogens (tertiary/aromatic N) is 1. The summed E-state index contributed by atoms with van der Waals surface area (Å²) in [6.07, 6.45) is 0.541. The van der Waals surface area contributed by atoms with Crippen LogP contribution in [0.15, 0.2) is 24.3 Å². The molecule has 0 amide bonds. The predicted octanol–water partition coefficient (Wildman–Crippen LogP) is -3.86. The molecule has 96 valence electrons. The van der Waals surface area contributed by atoms with Crippen molar-refractivity contribution in [1.29, 1.82) is 0 Å². The topological polar surface area (TPSA) is 98.3 Å². The largest absolute Gasteiger partial charge is 1.00 e. The highest BCUT2D eigenvalue weighted by Gasteiger charge is 2.34. The first kappa shape index (κ1) is 15.9. The molecular weight excluding hydrogens is 244 g/mol. The van der Waals surface area contributed by atoms with Gasteiger partial charge in [-0.25, -0.2) is 5.32 Å². The van der Waals surface area contributed by atoms with Gasteiger partial charge in [-0.1, -0.05) is 18.2 Å². The highest BCUT2D eigenvalue weighted by atomic mass is 35.5. The third-order valence-corrected chi connectivity index (χ3v) is 2.97. The number of aliphatic hydroxyl groups excluding tert-OH is 1. The minimum Gasteiger partial charge on any atom is -1.00 e. The number of halogens is 1. The van der Waals surface area contributed by atoms with E-state index < -0.39 is 0 Å². The molecule has 0 saturated heterocycles. The molecule has 1 atom stereocenters. The molecule has 0 unspecified atom stereocenters. The van der Waals surface area contributed by atoms with Crippen LogP contribution in [0.1, 0.15) is 12.0 Å². The number of para-hydroxylation sites is 1. The maximum absolute atomic E-state index is 9.71. The van der Waals surface area contributed by atoms with Crippen LogP contribution < -0.4 is 17.7 Å². The van der Waals surface area contributed by atoms with Crippen molar-refractivity contribution in [3.63, 3.8) is 0 Å². The van der Waals surface area contributed by atoms with Gasteiger partial charge in [-0.3, -0.25) is 4.58 Å². The Hall–Kier alpha value is -1.14. The number of hydrogen-bond donors (Lipinski definition) is 2. The van der Waals surface area contributed by atoms with Crippen molar-refractivity contribution in [2.75, 3.05) is 11.9 Å². The lowest BCUT2D eigenvalue weighted by molar-refractivity contribution is -0.537.